The van der Waals surface area contributed by atoms with Crippen molar-refractivity contribution in [2.45, 2.75) is 31.8 Å². The van der Waals surface area contributed by atoms with Crippen LogP contribution in [0.15, 0.2) is 36.8 Å². The molecule has 2 aromatic rings. The second kappa shape index (κ2) is 5.31. The molecule has 0 spiro atoms. The largest absolute Gasteiger partial charge is 0.290 e. The first kappa shape index (κ1) is 11.4. The standard InChI is InChI=1S/C14H18N4/c1-2-9-18(11-13-6-8-16-17-13)14(5-1)12-4-3-7-15-10-12/h3-4,6-8,10,14H,1-2,5,9,11H2,(H,16,17)/t14-/m0/s1. The Morgan fingerprint density at radius 2 is 2.28 bits per heavy atom. The van der Waals surface area contributed by atoms with Gasteiger partial charge in [-0.1, -0.05) is 12.5 Å². The zero-order valence-electron chi connectivity index (χ0n) is 10.4. The summed E-state index contributed by atoms with van der Waals surface area (Å²) < 4.78 is 0. The fourth-order valence-electron chi connectivity index (χ4n) is 2.72. The zero-order chi connectivity index (χ0) is 12.2. The number of piperidine rings is 1. The van der Waals surface area contributed by atoms with E-state index in [1.165, 1.54) is 30.5 Å². The lowest BCUT2D eigenvalue weighted by atomic mass is 9.96. The number of hydrogen-bond donors (Lipinski definition) is 1. The van der Waals surface area contributed by atoms with E-state index >= 15 is 0 Å². The Kier molecular flexibility index (Phi) is 3.37. The van der Waals surface area contributed by atoms with Crippen molar-refractivity contribution in [1.29, 1.82) is 0 Å². The van der Waals surface area contributed by atoms with Crippen molar-refractivity contribution in [2.75, 3.05) is 6.54 Å². The molecule has 1 atom stereocenters. The number of aromatic nitrogens is 3. The molecule has 0 bridgehead atoms. The van der Waals surface area contributed by atoms with Crippen LogP contribution < -0.4 is 0 Å². The lowest BCUT2D eigenvalue weighted by Gasteiger charge is -2.35. The molecule has 1 aliphatic heterocycles. The fourth-order valence-corrected chi connectivity index (χ4v) is 2.72. The molecular formula is C14H18N4. The van der Waals surface area contributed by atoms with Gasteiger partial charge in [-0.3, -0.25) is 15.0 Å². The molecule has 1 aliphatic rings. The van der Waals surface area contributed by atoms with Crippen molar-refractivity contribution in [2.24, 2.45) is 0 Å². The smallest absolute Gasteiger partial charge is 0.0492 e. The summed E-state index contributed by atoms with van der Waals surface area (Å²) in [5.41, 5.74) is 2.52. The first-order chi connectivity index (χ1) is 8.93. The van der Waals surface area contributed by atoms with Gasteiger partial charge in [0.1, 0.15) is 0 Å². The highest BCUT2D eigenvalue weighted by Gasteiger charge is 2.24. The van der Waals surface area contributed by atoms with Gasteiger partial charge in [-0.2, -0.15) is 5.10 Å². The Bertz CT molecular complexity index is 466. The average Bonchev–Trinajstić information content (AvgIpc) is 2.93. The molecule has 0 radical (unpaired) electrons. The molecular weight excluding hydrogens is 224 g/mol. The Morgan fingerprint density at radius 3 is 3.06 bits per heavy atom. The number of nitrogens with one attached hydrogen (secondary N) is 1. The van der Waals surface area contributed by atoms with Gasteiger partial charge in [0.05, 0.1) is 0 Å². The maximum atomic E-state index is 4.24. The van der Waals surface area contributed by atoms with Gasteiger partial charge in [0.2, 0.25) is 0 Å². The molecule has 0 saturated carbocycles. The molecule has 1 N–H and O–H groups in total. The van der Waals surface area contributed by atoms with Crippen LogP contribution in [0, 0.1) is 0 Å². The highest BCUT2D eigenvalue weighted by atomic mass is 15.2. The van der Waals surface area contributed by atoms with Crippen molar-refractivity contribution < 1.29 is 0 Å². The highest BCUT2D eigenvalue weighted by molar-refractivity contribution is 5.15. The summed E-state index contributed by atoms with van der Waals surface area (Å²) in [4.78, 5) is 6.77. The third-order valence-corrected chi connectivity index (χ3v) is 3.61. The first-order valence-corrected chi connectivity index (χ1v) is 6.56. The predicted octanol–water partition coefficient (Wildman–Crippen LogP) is 2.53. The number of rotatable bonds is 3. The second-order valence-electron chi connectivity index (χ2n) is 4.85. The molecule has 18 heavy (non-hydrogen) atoms. The van der Waals surface area contributed by atoms with E-state index in [1.807, 2.05) is 24.7 Å². The minimum Gasteiger partial charge on any atom is -0.290 e. The summed E-state index contributed by atoms with van der Waals surface area (Å²) in [5, 5.41) is 7.07. The minimum atomic E-state index is 0.496. The molecule has 0 unspecified atom stereocenters. The summed E-state index contributed by atoms with van der Waals surface area (Å²) in [6.07, 6.45) is 9.46. The van der Waals surface area contributed by atoms with Gasteiger partial charge in [0.25, 0.3) is 0 Å². The van der Waals surface area contributed by atoms with Crippen molar-refractivity contribution in [3.05, 3.63) is 48.0 Å². The average molecular weight is 242 g/mol. The number of likely N-dealkylation sites (tertiary alicyclic amines) is 1. The Morgan fingerprint density at radius 1 is 1.28 bits per heavy atom. The maximum Gasteiger partial charge on any atom is 0.0492 e. The SMILES string of the molecule is c1cncc([C@@H]2CCCCN2Cc2ccn[nH]2)c1. The van der Waals surface area contributed by atoms with E-state index in [9.17, 15) is 0 Å². The monoisotopic (exact) mass is 242 g/mol. The van der Waals surface area contributed by atoms with Crippen LogP contribution in [-0.2, 0) is 6.54 Å². The van der Waals surface area contributed by atoms with Crippen LogP contribution in [0.1, 0.15) is 36.6 Å². The third kappa shape index (κ3) is 2.43. The minimum absolute atomic E-state index is 0.496. The molecule has 4 heteroatoms. The molecule has 0 amide bonds. The van der Waals surface area contributed by atoms with Gasteiger partial charge in [-0.25, -0.2) is 0 Å². The van der Waals surface area contributed by atoms with Crippen LogP contribution in [0.3, 0.4) is 0 Å². The zero-order valence-corrected chi connectivity index (χ0v) is 10.4. The van der Waals surface area contributed by atoms with Crippen molar-refractivity contribution in [1.82, 2.24) is 20.1 Å². The lowest BCUT2D eigenvalue weighted by Crippen LogP contribution is -2.33. The summed E-state index contributed by atoms with van der Waals surface area (Å²) >= 11 is 0. The maximum absolute atomic E-state index is 4.24. The van der Waals surface area contributed by atoms with E-state index in [4.69, 9.17) is 0 Å². The van der Waals surface area contributed by atoms with Crippen LogP contribution in [0.5, 0.6) is 0 Å². The van der Waals surface area contributed by atoms with E-state index in [1.54, 1.807) is 0 Å². The molecule has 3 heterocycles. The molecule has 1 fully saturated rings. The van der Waals surface area contributed by atoms with Crippen LogP contribution in [0.4, 0.5) is 0 Å². The number of aromatic amines is 1. The van der Waals surface area contributed by atoms with E-state index in [-0.39, 0.29) is 0 Å². The summed E-state index contributed by atoms with van der Waals surface area (Å²) in [5.74, 6) is 0. The first-order valence-electron chi connectivity index (χ1n) is 6.56. The number of H-pyrrole nitrogens is 1. The van der Waals surface area contributed by atoms with Gasteiger partial charge in [-0.15, -0.1) is 0 Å². The summed E-state index contributed by atoms with van der Waals surface area (Å²) in [6.45, 7) is 2.10. The fraction of sp³-hybridized carbons (Fsp3) is 0.429. The van der Waals surface area contributed by atoms with Crippen molar-refractivity contribution >= 4 is 0 Å². The molecule has 2 aromatic heterocycles. The quantitative estimate of drug-likeness (QED) is 0.899. The lowest BCUT2D eigenvalue weighted by molar-refractivity contribution is 0.138. The van der Waals surface area contributed by atoms with Crippen LogP contribution in [0.25, 0.3) is 0 Å². The van der Waals surface area contributed by atoms with Gasteiger partial charge in [0.15, 0.2) is 0 Å². The van der Waals surface area contributed by atoms with E-state index in [2.05, 4.69) is 32.2 Å². The number of hydrogen-bond acceptors (Lipinski definition) is 3. The summed E-state index contributed by atoms with van der Waals surface area (Å²) in [7, 11) is 0. The molecule has 94 valence electrons. The summed E-state index contributed by atoms with van der Waals surface area (Å²) in [6, 6.07) is 6.76. The number of nitrogens with zero attached hydrogens (tertiary/aromatic N) is 3. The molecule has 4 nitrogen and oxygen atoms in total. The van der Waals surface area contributed by atoms with Crippen molar-refractivity contribution in [3.63, 3.8) is 0 Å². The molecule has 0 aromatic carbocycles. The normalized spacial score (nSPS) is 21.0. The van der Waals surface area contributed by atoms with E-state index in [0.29, 0.717) is 6.04 Å². The van der Waals surface area contributed by atoms with Crippen molar-refractivity contribution in [3.8, 4) is 0 Å². The van der Waals surface area contributed by atoms with Crippen LogP contribution in [-0.4, -0.2) is 26.6 Å². The predicted molar refractivity (Wildman–Crippen MR) is 69.8 cm³/mol. The van der Waals surface area contributed by atoms with E-state index < -0.39 is 0 Å². The van der Waals surface area contributed by atoms with Gasteiger partial charge in [0, 0.05) is 36.9 Å². The van der Waals surface area contributed by atoms with Crippen LogP contribution in [0.2, 0.25) is 0 Å². The Balaban J connectivity index is 1.78. The topological polar surface area (TPSA) is 44.8 Å². The van der Waals surface area contributed by atoms with Gasteiger partial charge in [-0.05, 0) is 37.1 Å². The molecule has 0 aliphatic carbocycles. The van der Waals surface area contributed by atoms with Gasteiger partial charge >= 0.3 is 0 Å². The van der Waals surface area contributed by atoms with Gasteiger partial charge < -0.3 is 0 Å². The molecule has 1 saturated heterocycles. The second-order valence-corrected chi connectivity index (χ2v) is 4.85. The molecule has 3 rings (SSSR count). The van der Waals surface area contributed by atoms with Crippen LogP contribution >= 0.6 is 0 Å². The Hall–Kier alpha value is -1.68. The number of pyridine rings is 1. The van der Waals surface area contributed by atoms with E-state index in [0.717, 1.165) is 13.1 Å². The highest BCUT2D eigenvalue weighted by Crippen LogP contribution is 2.31. The third-order valence-electron chi connectivity index (χ3n) is 3.61. The Labute approximate surface area is 107 Å².